The number of benzene rings is 1. The zero-order chi connectivity index (χ0) is 13.0. The molecule has 5 heteroatoms. The summed E-state index contributed by atoms with van der Waals surface area (Å²) in [5.41, 5.74) is 1.77. The lowest BCUT2D eigenvalue weighted by atomic mass is 10.2. The van der Waals surface area contributed by atoms with Crippen molar-refractivity contribution in [2.24, 2.45) is 0 Å². The van der Waals surface area contributed by atoms with Crippen LogP contribution in [0.15, 0.2) is 18.2 Å². The second-order valence-electron chi connectivity index (χ2n) is 4.14. The summed E-state index contributed by atoms with van der Waals surface area (Å²) in [6, 6.07) is 5.73. The molecular formula is C13H16N2O2S. The van der Waals surface area contributed by atoms with Gasteiger partial charge in [-0.2, -0.15) is 0 Å². The molecule has 0 bridgehead atoms. The van der Waals surface area contributed by atoms with E-state index >= 15 is 0 Å². The van der Waals surface area contributed by atoms with Gasteiger partial charge in [0.2, 0.25) is 5.91 Å². The van der Waals surface area contributed by atoms with Crippen LogP contribution in [-0.2, 0) is 4.79 Å². The molecule has 0 unspecified atom stereocenters. The predicted octanol–water partition coefficient (Wildman–Crippen LogP) is 2.71. The van der Waals surface area contributed by atoms with E-state index in [4.69, 9.17) is 5.11 Å². The van der Waals surface area contributed by atoms with Crippen LogP contribution in [0.25, 0.3) is 10.2 Å². The summed E-state index contributed by atoms with van der Waals surface area (Å²) in [6.07, 6.45) is 1.82. The maximum absolute atomic E-state index is 11.6. The van der Waals surface area contributed by atoms with E-state index in [1.165, 1.54) is 0 Å². The minimum atomic E-state index is -0.0102. The summed E-state index contributed by atoms with van der Waals surface area (Å²) in [5.74, 6) is -0.0102. The number of hydrogen-bond donors (Lipinski definition) is 2. The lowest BCUT2D eigenvalue weighted by Gasteiger charge is -2.04. The molecule has 1 amide bonds. The number of aliphatic hydroxyl groups is 1. The molecule has 0 aliphatic rings. The highest BCUT2D eigenvalue weighted by Crippen LogP contribution is 2.24. The number of amides is 1. The van der Waals surface area contributed by atoms with Gasteiger partial charge in [-0.15, -0.1) is 11.3 Å². The Hall–Kier alpha value is -1.46. The van der Waals surface area contributed by atoms with Gasteiger partial charge in [-0.05, 0) is 38.0 Å². The quantitative estimate of drug-likeness (QED) is 0.816. The first kappa shape index (κ1) is 13.0. The molecule has 0 atom stereocenters. The molecule has 4 nitrogen and oxygen atoms in total. The topological polar surface area (TPSA) is 62.2 Å². The maximum Gasteiger partial charge on any atom is 0.224 e. The number of nitrogens with one attached hydrogen (secondary N) is 1. The summed E-state index contributed by atoms with van der Waals surface area (Å²) in [6.45, 7) is 2.11. The summed E-state index contributed by atoms with van der Waals surface area (Å²) < 4.78 is 1.08. The molecule has 96 valence electrons. The summed E-state index contributed by atoms with van der Waals surface area (Å²) in [7, 11) is 0. The number of fused-ring (bicyclic) bond motifs is 1. The van der Waals surface area contributed by atoms with Crippen molar-refractivity contribution in [1.82, 2.24) is 4.98 Å². The molecule has 2 rings (SSSR count). The lowest BCUT2D eigenvalue weighted by molar-refractivity contribution is -0.116. The van der Waals surface area contributed by atoms with Crippen LogP contribution < -0.4 is 5.32 Å². The van der Waals surface area contributed by atoms with Crippen LogP contribution >= 0.6 is 11.3 Å². The number of carbonyl (C=O) groups is 1. The van der Waals surface area contributed by atoms with Gasteiger partial charge in [0.1, 0.15) is 0 Å². The van der Waals surface area contributed by atoms with Crippen molar-refractivity contribution in [1.29, 1.82) is 0 Å². The highest BCUT2D eigenvalue weighted by molar-refractivity contribution is 7.18. The molecule has 0 spiro atoms. The summed E-state index contributed by atoms with van der Waals surface area (Å²) in [5, 5.41) is 12.5. The largest absolute Gasteiger partial charge is 0.396 e. The number of hydrogen-bond acceptors (Lipinski definition) is 4. The van der Waals surface area contributed by atoms with Gasteiger partial charge in [0, 0.05) is 18.7 Å². The van der Waals surface area contributed by atoms with Crippen LogP contribution in [0.4, 0.5) is 5.69 Å². The Balaban J connectivity index is 2.00. The van der Waals surface area contributed by atoms with Crippen LogP contribution in [0.2, 0.25) is 0 Å². The minimum Gasteiger partial charge on any atom is -0.396 e. The SMILES string of the molecule is Cc1nc2ccc(NC(=O)CCCCO)cc2s1. The Labute approximate surface area is 110 Å². The van der Waals surface area contributed by atoms with Gasteiger partial charge in [0.25, 0.3) is 0 Å². The summed E-state index contributed by atoms with van der Waals surface area (Å²) in [4.78, 5) is 16.0. The molecule has 0 saturated heterocycles. The first-order valence-electron chi connectivity index (χ1n) is 5.97. The molecule has 0 saturated carbocycles. The van der Waals surface area contributed by atoms with Crippen molar-refractivity contribution >= 4 is 33.1 Å². The van der Waals surface area contributed by atoms with E-state index in [0.717, 1.165) is 20.9 Å². The molecule has 18 heavy (non-hydrogen) atoms. The van der Waals surface area contributed by atoms with E-state index in [2.05, 4.69) is 10.3 Å². The van der Waals surface area contributed by atoms with Crippen molar-refractivity contribution in [2.75, 3.05) is 11.9 Å². The second-order valence-corrected chi connectivity index (χ2v) is 5.38. The zero-order valence-electron chi connectivity index (χ0n) is 10.3. The van der Waals surface area contributed by atoms with Crippen LogP contribution in [0.3, 0.4) is 0 Å². The third-order valence-corrected chi connectivity index (χ3v) is 3.52. The van der Waals surface area contributed by atoms with Gasteiger partial charge in [0.15, 0.2) is 0 Å². The number of anilines is 1. The first-order valence-corrected chi connectivity index (χ1v) is 6.78. The second kappa shape index (κ2) is 5.93. The number of aryl methyl sites for hydroxylation is 1. The van der Waals surface area contributed by atoms with Gasteiger partial charge >= 0.3 is 0 Å². The van der Waals surface area contributed by atoms with Crippen LogP contribution in [-0.4, -0.2) is 22.6 Å². The summed E-state index contributed by atoms with van der Waals surface area (Å²) >= 11 is 1.62. The third-order valence-electron chi connectivity index (χ3n) is 2.59. The average molecular weight is 264 g/mol. The Morgan fingerprint density at radius 2 is 2.28 bits per heavy atom. The highest BCUT2D eigenvalue weighted by Gasteiger charge is 2.05. The Morgan fingerprint density at radius 3 is 3.06 bits per heavy atom. The van der Waals surface area contributed by atoms with Crippen molar-refractivity contribution < 1.29 is 9.90 Å². The maximum atomic E-state index is 11.6. The van der Waals surface area contributed by atoms with Crippen molar-refractivity contribution in [2.45, 2.75) is 26.2 Å². The number of thiazole rings is 1. The number of nitrogens with zero attached hydrogens (tertiary/aromatic N) is 1. The van der Waals surface area contributed by atoms with Gasteiger partial charge in [-0.3, -0.25) is 4.79 Å². The number of carbonyl (C=O) groups excluding carboxylic acids is 1. The molecule has 1 aromatic heterocycles. The zero-order valence-corrected chi connectivity index (χ0v) is 11.1. The van der Waals surface area contributed by atoms with E-state index in [0.29, 0.717) is 19.3 Å². The molecular weight excluding hydrogens is 248 g/mol. The molecule has 0 fully saturated rings. The van der Waals surface area contributed by atoms with Crippen LogP contribution in [0.1, 0.15) is 24.3 Å². The molecule has 1 aromatic carbocycles. The van der Waals surface area contributed by atoms with Crippen LogP contribution in [0, 0.1) is 6.92 Å². The minimum absolute atomic E-state index is 0.0102. The standard InChI is InChI=1S/C13H16N2O2S/c1-9-14-11-6-5-10(8-12(11)18-9)15-13(17)4-2-3-7-16/h5-6,8,16H,2-4,7H2,1H3,(H,15,17). The van der Waals surface area contributed by atoms with E-state index in [9.17, 15) is 4.79 Å². The number of rotatable bonds is 5. The van der Waals surface area contributed by atoms with Gasteiger partial charge < -0.3 is 10.4 Å². The lowest BCUT2D eigenvalue weighted by Crippen LogP contribution is -2.11. The normalized spacial score (nSPS) is 10.8. The van der Waals surface area contributed by atoms with E-state index in [1.54, 1.807) is 11.3 Å². The average Bonchev–Trinajstić information content (AvgIpc) is 2.69. The van der Waals surface area contributed by atoms with E-state index < -0.39 is 0 Å². The predicted molar refractivity (Wildman–Crippen MR) is 73.9 cm³/mol. The molecule has 0 aliphatic heterocycles. The first-order chi connectivity index (χ1) is 8.69. The van der Waals surface area contributed by atoms with Crippen LogP contribution in [0.5, 0.6) is 0 Å². The molecule has 2 N–H and O–H groups in total. The third kappa shape index (κ3) is 3.27. The Kier molecular flexibility index (Phi) is 4.28. The number of aliphatic hydroxyl groups excluding tert-OH is 1. The number of unbranched alkanes of at least 4 members (excludes halogenated alkanes) is 1. The Morgan fingerprint density at radius 1 is 1.44 bits per heavy atom. The number of aromatic nitrogens is 1. The van der Waals surface area contributed by atoms with Crippen molar-refractivity contribution in [3.05, 3.63) is 23.2 Å². The fourth-order valence-electron chi connectivity index (χ4n) is 1.74. The van der Waals surface area contributed by atoms with Crippen molar-refractivity contribution in [3.8, 4) is 0 Å². The van der Waals surface area contributed by atoms with E-state index in [1.807, 2.05) is 25.1 Å². The van der Waals surface area contributed by atoms with Gasteiger partial charge in [-0.25, -0.2) is 4.98 Å². The monoisotopic (exact) mass is 264 g/mol. The van der Waals surface area contributed by atoms with E-state index in [-0.39, 0.29) is 12.5 Å². The molecule has 2 aromatic rings. The fourth-order valence-corrected chi connectivity index (χ4v) is 2.60. The molecule has 1 heterocycles. The Bertz CT molecular complexity index is 551. The fraction of sp³-hybridized carbons (Fsp3) is 0.385. The molecule has 0 radical (unpaired) electrons. The molecule has 0 aliphatic carbocycles. The van der Waals surface area contributed by atoms with Crippen molar-refractivity contribution in [3.63, 3.8) is 0 Å². The van der Waals surface area contributed by atoms with Gasteiger partial charge in [0.05, 0.1) is 15.2 Å². The van der Waals surface area contributed by atoms with Gasteiger partial charge in [-0.1, -0.05) is 0 Å². The smallest absolute Gasteiger partial charge is 0.224 e. The highest BCUT2D eigenvalue weighted by atomic mass is 32.1.